The summed E-state index contributed by atoms with van der Waals surface area (Å²) in [6.45, 7) is 10.4. The van der Waals surface area contributed by atoms with Crippen molar-refractivity contribution in [3.8, 4) is 0 Å². The summed E-state index contributed by atoms with van der Waals surface area (Å²) in [7, 11) is 0. The molecule has 5 rings (SSSR count). The minimum absolute atomic E-state index is 0.231. The van der Waals surface area contributed by atoms with Gasteiger partial charge in [0.25, 0.3) is 5.91 Å². The predicted octanol–water partition coefficient (Wildman–Crippen LogP) is 3.42. The van der Waals surface area contributed by atoms with E-state index in [2.05, 4.69) is 16.1 Å². The first-order valence-electron chi connectivity index (χ1n) is 17.1. The van der Waals surface area contributed by atoms with Crippen LogP contribution >= 0.6 is 0 Å². The third-order valence-corrected chi connectivity index (χ3v) is 9.40. The summed E-state index contributed by atoms with van der Waals surface area (Å²) in [5.74, 6) is -2.54. The van der Waals surface area contributed by atoms with Gasteiger partial charge in [0.05, 0.1) is 23.0 Å². The second-order valence-electron chi connectivity index (χ2n) is 14.0. The van der Waals surface area contributed by atoms with E-state index in [9.17, 15) is 24.0 Å². The molecule has 2 fully saturated rings. The molecule has 0 saturated carbocycles. The maximum absolute atomic E-state index is 14.0. The number of esters is 1. The third kappa shape index (κ3) is 8.21. The van der Waals surface area contributed by atoms with E-state index >= 15 is 0 Å². The number of rotatable bonds is 3. The zero-order valence-corrected chi connectivity index (χ0v) is 28.6. The van der Waals surface area contributed by atoms with Crippen molar-refractivity contribution in [2.24, 2.45) is 11.3 Å². The monoisotopic (exact) mass is 660 g/mol. The van der Waals surface area contributed by atoms with Crippen LogP contribution in [0.2, 0.25) is 0 Å². The van der Waals surface area contributed by atoms with Crippen molar-refractivity contribution >= 4 is 46.6 Å². The number of likely N-dealkylation sites (tertiary alicyclic amines) is 1. The molecule has 2 saturated heterocycles. The van der Waals surface area contributed by atoms with E-state index in [-0.39, 0.29) is 30.7 Å². The second-order valence-corrected chi connectivity index (χ2v) is 14.0. The third-order valence-electron chi connectivity index (χ3n) is 9.40. The standard InChI is InChI=1S/C36H48N6O6/c1-22(2)31-32(44)38-29(21-30(43)41-17-7-6-8-18-41)33(45)42-19-9-10-27(40-42)34(46)48-23(3)26-14-13-25-12-11-24(20-28(25)37-26)15-16-36(4,5)35(47)39-31/h11-16,20,22-23,27,29,31,40H,6-10,17-19,21H2,1-5H3,(H,38,44)(H,39,47)/b16-15+/t23-,27+,29+,31+/m1/s1. The summed E-state index contributed by atoms with van der Waals surface area (Å²) in [5, 5.41) is 7.91. The van der Waals surface area contributed by atoms with Gasteiger partial charge in [-0.2, -0.15) is 0 Å². The van der Waals surface area contributed by atoms with Gasteiger partial charge in [0.2, 0.25) is 17.7 Å². The quantitative estimate of drug-likeness (QED) is 0.424. The van der Waals surface area contributed by atoms with Crippen LogP contribution in [0.4, 0.5) is 0 Å². The number of aromatic nitrogens is 1. The summed E-state index contributed by atoms with van der Waals surface area (Å²) in [6, 6.07) is 6.52. The van der Waals surface area contributed by atoms with Gasteiger partial charge in [-0.05, 0) is 76.5 Å². The molecule has 0 aliphatic carbocycles. The van der Waals surface area contributed by atoms with Gasteiger partial charge >= 0.3 is 5.97 Å². The number of nitrogens with zero attached hydrogens (tertiary/aromatic N) is 3. The molecule has 5 bridgehead atoms. The summed E-state index contributed by atoms with van der Waals surface area (Å²) in [5.41, 5.74) is 4.11. The number of fused-ring (bicyclic) bond motifs is 4. The number of carbonyl (C=O) groups excluding carboxylic acids is 5. The maximum atomic E-state index is 14.0. The van der Waals surface area contributed by atoms with Crippen LogP contribution in [0.25, 0.3) is 17.0 Å². The van der Waals surface area contributed by atoms with Gasteiger partial charge in [0.15, 0.2) is 0 Å². The number of ether oxygens (including phenoxy) is 1. The van der Waals surface area contributed by atoms with Crippen molar-refractivity contribution in [2.75, 3.05) is 19.6 Å². The largest absolute Gasteiger partial charge is 0.455 e. The van der Waals surface area contributed by atoms with Crippen LogP contribution in [-0.4, -0.2) is 82.3 Å². The Labute approximate surface area is 282 Å². The van der Waals surface area contributed by atoms with Gasteiger partial charge < -0.3 is 20.3 Å². The van der Waals surface area contributed by atoms with Crippen LogP contribution < -0.4 is 16.1 Å². The fourth-order valence-electron chi connectivity index (χ4n) is 6.25. The van der Waals surface area contributed by atoms with Gasteiger partial charge in [0.1, 0.15) is 24.2 Å². The number of pyridine rings is 1. The molecule has 2 aromatic rings. The molecular weight excluding hydrogens is 612 g/mol. The molecule has 12 nitrogen and oxygen atoms in total. The number of hydrazine groups is 1. The van der Waals surface area contributed by atoms with Gasteiger partial charge in [-0.1, -0.05) is 44.2 Å². The van der Waals surface area contributed by atoms with Crippen molar-refractivity contribution in [3.63, 3.8) is 0 Å². The van der Waals surface area contributed by atoms with Gasteiger partial charge in [-0.25, -0.2) is 10.4 Å². The summed E-state index contributed by atoms with van der Waals surface area (Å²) in [4.78, 5) is 74.7. The van der Waals surface area contributed by atoms with E-state index in [1.165, 1.54) is 5.01 Å². The number of hydrogen-bond donors (Lipinski definition) is 3. The van der Waals surface area contributed by atoms with Gasteiger partial charge in [-0.3, -0.25) is 29.0 Å². The Hall–Kier alpha value is -4.32. The Bertz CT molecular complexity index is 1580. The van der Waals surface area contributed by atoms with Crippen molar-refractivity contribution in [3.05, 3.63) is 47.7 Å². The van der Waals surface area contributed by atoms with Crippen molar-refractivity contribution < 1.29 is 28.7 Å². The molecule has 1 aromatic heterocycles. The van der Waals surface area contributed by atoms with Crippen LogP contribution in [0.15, 0.2) is 36.4 Å². The molecule has 4 atom stereocenters. The summed E-state index contributed by atoms with van der Waals surface area (Å²) >= 11 is 0. The number of cyclic esters (lactones) is 1. The molecular formula is C36H48N6O6. The Morgan fingerprint density at radius 1 is 1.00 bits per heavy atom. The fourth-order valence-corrected chi connectivity index (χ4v) is 6.25. The average molecular weight is 661 g/mol. The lowest BCUT2D eigenvalue weighted by atomic mass is 9.89. The highest BCUT2D eigenvalue weighted by atomic mass is 16.5. The first kappa shape index (κ1) is 35.0. The van der Waals surface area contributed by atoms with Gasteiger partial charge in [-0.15, -0.1) is 0 Å². The smallest absolute Gasteiger partial charge is 0.325 e. The van der Waals surface area contributed by atoms with Crippen molar-refractivity contribution in [2.45, 2.75) is 97.4 Å². The van der Waals surface area contributed by atoms with E-state index in [0.29, 0.717) is 37.1 Å². The summed E-state index contributed by atoms with van der Waals surface area (Å²) in [6.07, 6.45) is 6.47. The number of piperidine rings is 1. The van der Waals surface area contributed by atoms with Crippen LogP contribution in [0.1, 0.15) is 90.5 Å². The topological polar surface area (TPSA) is 150 Å². The molecule has 1 aromatic carbocycles. The van der Waals surface area contributed by atoms with E-state index in [4.69, 9.17) is 9.72 Å². The van der Waals surface area contributed by atoms with E-state index in [1.54, 1.807) is 31.7 Å². The Morgan fingerprint density at radius 3 is 2.46 bits per heavy atom. The lowest BCUT2D eigenvalue weighted by Gasteiger charge is -2.36. The zero-order valence-electron chi connectivity index (χ0n) is 28.6. The first-order chi connectivity index (χ1) is 22.8. The lowest BCUT2D eigenvalue weighted by Crippen LogP contribution is -2.62. The Balaban J connectivity index is 1.49. The molecule has 0 unspecified atom stereocenters. The number of carbonyl (C=O) groups is 5. The van der Waals surface area contributed by atoms with E-state index in [0.717, 1.165) is 30.2 Å². The second kappa shape index (κ2) is 14.8. The Kier molecular flexibility index (Phi) is 10.8. The molecule has 3 N–H and O–H groups in total. The zero-order chi connectivity index (χ0) is 34.6. The average Bonchev–Trinajstić information content (AvgIpc) is 3.08. The molecule has 4 amide bonds. The SMILES string of the molecule is CC(C)[C@@H]1NC(=O)C(C)(C)/C=C/c2ccc3ccc(nc3c2)[C@@H](C)OC(=O)[C@@H]2CCCN(N2)C(=O)[C@H](CC(=O)N2CCCCC2)NC1=O. The predicted molar refractivity (Wildman–Crippen MR) is 181 cm³/mol. The molecule has 48 heavy (non-hydrogen) atoms. The minimum Gasteiger partial charge on any atom is -0.455 e. The van der Waals surface area contributed by atoms with Crippen LogP contribution in [0.3, 0.4) is 0 Å². The molecule has 0 spiro atoms. The minimum atomic E-state index is -1.21. The lowest BCUT2D eigenvalue weighted by molar-refractivity contribution is -0.157. The van der Waals surface area contributed by atoms with Crippen molar-refractivity contribution in [1.29, 1.82) is 0 Å². The maximum Gasteiger partial charge on any atom is 0.325 e. The number of amides is 4. The number of benzene rings is 1. The van der Waals surface area contributed by atoms with E-state index < -0.39 is 47.4 Å². The van der Waals surface area contributed by atoms with Crippen molar-refractivity contribution in [1.82, 2.24) is 31.0 Å². The number of hydrogen-bond acceptors (Lipinski definition) is 8. The molecule has 258 valence electrons. The number of nitrogens with one attached hydrogen (secondary N) is 3. The normalized spacial score (nSPS) is 26.5. The van der Waals surface area contributed by atoms with Gasteiger partial charge in [0, 0.05) is 25.0 Å². The molecule has 4 heterocycles. The van der Waals surface area contributed by atoms with Crippen LogP contribution in [-0.2, 0) is 28.7 Å². The first-order valence-corrected chi connectivity index (χ1v) is 17.1. The van der Waals surface area contributed by atoms with E-state index in [1.807, 2.05) is 50.3 Å². The molecule has 12 heteroatoms. The molecule has 3 aliphatic heterocycles. The Morgan fingerprint density at radius 2 is 1.73 bits per heavy atom. The van der Waals surface area contributed by atoms with Crippen LogP contribution in [0.5, 0.6) is 0 Å². The highest BCUT2D eigenvalue weighted by Crippen LogP contribution is 2.25. The molecule has 0 radical (unpaired) electrons. The van der Waals surface area contributed by atoms with Crippen LogP contribution in [0, 0.1) is 11.3 Å². The highest BCUT2D eigenvalue weighted by Gasteiger charge is 2.38. The highest BCUT2D eigenvalue weighted by molar-refractivity contribution is 5.96. The fraction of sp³-hybridized carbons (Fsp3) is 0.556. The summed E-state index contributed by atoms with van der Waals surface area (Å²) < 4.78 is 5.83. The molecule has 3 aliphatic rings.